The first kappa shape index (κ1) is 15.0. The van der Waals surface area contributed by atoms with Gasteiger partial charge < -0.3 is 9.47 Å². The molecule has 5 nitrogen and oxygen atoms in total. The predicted octanol–water partition coefficient (Wildman–Crippen LogP) is 3.62. The molecule has 0 amide bonds. The Kier molecular flexibility index (Phi) is 3.63. The largest absolute Gasteiger partial charge is 0.481 e. The Morgan fingerprint density at radius 2 is 1.67 bits per heavy atom. The van der Waals surface area contributed by atoms with Gasteiger partial charge in [0, 0.05) is 11.1 Å². The third kappa shape index (κ3) is 2.31. The molecule has 1 aromatic carbocycles. The molecule has 3 aromatic rings. The summed E-state index contributed by atoms with van der Waals surface area (Å²) in [4.78, 5) is 9.15. The highest BCUT2D eigenvalue weighted by atomic mass is 16.5. The van der Waals surface area contributed by atoms with E-state index in [-0.39, 0.29) is 0 Å². The van der Waals surface area contributed by atoms with E-state index >= 15 is 0 Å². The summed E-state index contributed by atoms with van der Waals surface area (Å²) >= 11 is 0. The zero-order valence-electron chi connectivity index (χ0n) is 14.3. The van der Waals surface area contributed by atoms with Crippen molar-refractivity contribution in [2.45, 2.75) is 32.6 Å². The molecule has 0 saturated heterocycles. The summed E-state index contributed by atoms with van der Waals surface area (Å²) < 4.78 is 12.8. The van der Waals surface area contributed by atoms with E-state index in [4.69, 9.17) is 9.47 Å². The summed E-state index contributed by atoms with van der Waals surface area (Å²) in [6, 6.07) is 8.28. The average molecular weight is 323 g/mol. The van der Waals surface area contributed by atoms with Gasteiger partial charge in [-0.25, -0.2) is 0 Å². The highest BCUT2D eigenvalue weighted by Crippen LogP contribution is 2.35. The van der Waals surface area contributed by atoms with Crippen molar-refractivity contribution >= 4 is 10.9 Å². The van der Waals surface area contributed by atoms with Crippen LogP contribution in [0.25, 0.3) is 16.9 Å². The highest BCUT2D eigenvalue weighted by molar-refractivity contribution is 5.87. The van der Waals surface area contributed by atoms with E-state index in [1.165, 1.54) is 35.0 Å². The van der Waals surface area contributed by atoms with E-state index in [1.54, 1.807) is 20.3 Å². The topological polar surface area (TPSA) is 49.2 Å². The fraction of sp³-hybridized carbons (Fsp3) is 0.368. The standard InChI is InChI=1S/C19H21N3O2/c1-12-8-9-16-14(10-12)13-6-4-5-7-15(13)22(16)19-20-17(23-2)11-18(21-19)24-3/h8-11H,4-7H2,1-3H3. The second kappa shape index (κ2) is 5.82. The Morgan fingerprint density at radius 3 is 2.38 bits per heavy atom. The quantitative estimate of drug-likeness (QED) is 0.738. The van der Waals surface area contributed by atoms with Crippen LogP contribution >= 0.6 is 0 Å². The summed E-state index contributed by atoms with van der Waals surface area (Å²) in [5.41, 5.74) is 5.18. The van der Waals surface area contributed by atoms with E-state index in [2.05, 4.69) is 39.7 Å². The second-order valence-corrected chi connectivity index (χ2v) is 6.24. The molecule has 0 saturated carbocycles. The molecule has 24 heavy (non-hydrogen) atoms. The minimum atomic E-state index is 0.510. The Morgan fingerprint density at radius 1 is 0.958 bits per heavy atom. The van der Waals surface area contributed by atoms with Gasteiger partial charge in [0.1, 0.15) is 0 Å². The van der Waals surface area contributed by atoms with Crippen molar-refractivity contribution in [1.29, 1.82) is 0 Å². The minimum Gasteiger partial charge on any atom is -0.481 e. The van der Waals surface area contributed by atoms with Crippen molar-refractivity contribution in [2.24, 2.45) is 0 Å². The van der Waals surface area contributed by atoms with Crippen LogP contribution in [0.2, 0.25) is 0 Å². The van der Waals surface area contributed by atoms with Crippen LogP contribution in [0.1, 0.15) is 29.7 Å². The van der Waals surface area contributed by atoms with Gasteiger partial charge in [-0.3, -0.25) is 4.57 Å². The van der Waals surface area contributed by atoms with Gasteiger partial charge in [0.05, 0.1) is 25.8 Å². The number of methoxy groups -OCH3 is 2. The lowest BCUT2D eigenvalue weighted by Crippen LogP contribution is -2.10. The lowest BCUT2D eigenvalue weighted by atomic mass is 9.95. The van der Waals surface area contributed by atoms with E-state index in [9.17, 15) is 0 Å². The van der Waals surface area contributed by atoms with Gasteiger partial charge in [-0.15, -0.1) is 0 Å². The Bertz CT molecular complexity index is 892. The van der Waals surface area contributed by atoms with Crippen molar-refractivity contribution in [3.63, 3.8) is 0 Å². The maximum Gasteiger partial charge on any atom is 0.241 e. The average Bonchev–Trinajstić information content (AvgIpc) is 2.95. The fourth-order valence-corrected chi connectivity index (χ4v) is 3.59. The predicted molar refractivity (Wildman–Crippen MR) is 93.3 cm³/mol. The molecule has 0 unspecified atom stereocenters. The van der Waals surface area contributed by atoms with Crippen LogP contribution in [0.4, 0.5) is 0 Å². The molecule has 0 N–H and O–H groups in total. The first-order valence-corrected chi connectivity index (χ1v) is 8.31. The molecule has 0 bridgehead atoms. The number of nitrogens with zero attached hydrogens (tertiary/aromatic N) is 3. The number of aromatic nitrogens is 3. The zero-order valence-corrected chi connectivity index (χ0v) is 14.3. The van der Waals surface area contributed by atoms with Crippen molar-refractivity contribution in [2.75, 3.05) is 14.2 Å². The number of ether oxygens (including phenoxy) is 2. The van der Waals surface area contributed by atoms with Crippen LogP contribution < -0.4 is 9.47 Å². The first-order valence-electron chi connectivity index (χ1n) is 8.31. The summed E-state index contributed by atoms with van der Waals surface area (Å²) in [7, 11) is 3.22. The highest BCUT2D eigenvalue weighted by Gasteiger charge is 2.23. The van der Waals surface area contributed by atoms with E-state index < -0.39 is 0 Å². The number of hydrogen-bond acceptors (Lipinski definition) is 4. The molecule has 5 heteroatoms. The molecule has 0 radical (unpaired) electrons. The number of aryl methyl sites for hydroxylation is 2. The normalized spacial score (nSPS) is 13.8. The summed E-state index contributed by atoms with van der Waals surface area (Å²) in [5.74, 6) is 1.63. The van der Waals surface area contributed by atoms with Crippen LogP contribution in [-0.4, -0.2) is 28.8 Å². The van der Waals surface area contributed by atoms with Crippen molar-refractivity contribution in [1.82, 2.24) is 14.5 Å². The smallest absolute Gasteiger partial charge is 0.241 e. The van der Waals surface area contributed by atoms with Gasteiger partial charge in [0.2, 0.25) is 17.7 Å². The van der Waals surface area contributed by atoms with Crippen molar-refractivity contribution < 1.29 is 9.47 Å². The van der Waals surface area contributed by atoms with Crippen LogP contribution in [0.5, 0.6) is 11.8 Å². The SMILES string of the molecule is COc1cc(OC)nc(-n2c3c(c4cc(C)ccc42)CCCC3)n1. The van der Waals surface area contributed by atoms with E-state index in [0.29, 0.717) is 17.7 Å². The Balaban J connectivity index is 2.03. The Hall–Kier alpha value is -2.56. The number of benzene rings is 1. The maximum atomic E-state index is 5.33. The van der Waals surface area contributed by atoms with Crippen molar-refractivity contribution in [3.8, 4) is 17.7 Å². The monoisotopic (exact) mass is 323 g/mol. The van der Waals surface area contributed by atoms with Crippen molar-refractivity contribution in [3.05, 3.63) is 41.1 Å². The molecule has 0 aliphatic heterocycles. The number of fused-ring (bicyclic) bond motifs is 3. The van der Waals surface area contributed by atoms with Crippen LogP contribution in [0, 0.1) is 6.92 Å². The third-order valence-electron chi connectivity index (χ3n) is 4.71. The van der Waals surface area contributed by atoms with Gasteiger partial charge in [0.25, 0.3) is 0 Å². The molecule has 2 heterocycles. The summed E-state index contributed by atoms with van der Waals surface area (Å²) in [6.07, 6.45) is 4.60. The minimum absolute atomic E-state index is 0.510. The van der Waals surface area contributed by atoms with Crippen LogP contribution in [0.3, 0.4) is 0 Å². The zero-order chi connectivity index (χ0) is 16.7. The Labute approximate surface area is 141 Å². The molecular formula is C19H21N3O2. The molecule has 0 atom stereocenters. The number of hydrogen-bond donors (Lipinski definition) is 0. The molecule has 0 spiro atoms. The molecular weight excluding hydrogens is 302 g/mol. The lowest BCUT2D eigenvalue weighted by molar-refractivity contribution is 0.370. The first-order chi connectivity index (χ1) is 11.7. The molecule has 4 rings (SSSR count). The summed E-state index contributed by atoms with van der Waals surface area (Å²) in [5, 5.41) is 1.31. The summed E-state index contributed by atoms with van der Waals surface area (Å²) in [6.45, 7) is 2.14. The second-order valence-electron chi connectivity index (χ2n) is 6.24. The fourth-order valence-electron chi connectivity index (χ4n) is 3.59. The van der Waals surface area contributed by atoms with E-state index in [1.807, 2.05) is 0 Å². The lowest BCUT2D eigenvalue weighted by Gasteiger charge is -2.15. The van der Waals surface area contributed by atoms with Gasteiger partial charge in [-0.1, -0.05) is 11.6 Å². The van der Waals surface area contributed by atoms with Crippen LogP contribution in [0.15, 0.2) is 24.3 Å². The van der Waals surface area contributed by atoms with Gasteiger partial charge in [0.15, 0.2) is 0 Å². The molecule has 1 aliphatic rings. The van der Waals surface area contributed by atoms with Gasteiger partial charge in [-0.2, -0.15) is 9.97 Å². The maximum absolute atomic E-state index is 5.33. The third-order valence-corrected chi connectivity index (χ3v) is 4.71. The molecule has 2 aromatic heterocycles. The number of rotatable bonds is 3. The molecule has 1 aliphatic carbocycles. The molecule has 0 fully saturated rings. The molecule has 124 valence electrons. The van der Waals surface area contributed by atoms with Gasteiger partial charge in [-0.05, 0) is 50.3 Å². The van der Waals surface area contributed by atoms with E-state index in [0.717, 1.165) is 18.4 Å². The van der Waals surface area contributed by atoms with Crippen LogP contribution in [-0.2, 0) is 12.8 Å². The van der Waals surface area contributed by atoms with Gasteiger partial charge >= 0.3 is 0 Å².